The second-order valence-corrected chi connectivity index (χ2v) is 7.53. The van der Waals surface area contributed by atoms with Crippen LogP contribution in [-0.4, -0.2) is 22.4 Å². The van der Waals surface area contributed by atoms with Gasteiger partial charge in [0.15, 0.2) is 0 Å². The van der Waals surface area contributed by atoms with Crippen molar-refractivity contribution >= 4 is 0 Å². The molecule has 2 nitrogen and oxygen atoms in total. The molecule has 0 aromatic carbocycles. The molecule has 3 fully saturated rings. The van der Waals surface area contributed by atoms with E-state index in [2.05, 4.69) is 27.7 Å². The molecule has 3 rings (SSSR count). The van der Waals surface area contributed by atoms with Gasteiger partial charge in [-0.25, -0.2) is 0 Å². The van der Waals surface area contributed by atoms with Crippen molar-refractivity contribution in [1.82, 2.24) is 0 Å². The van der Waals surface area contributed by atoms with E-state index in [1.807, 2.05) is 0 Å². The van der Waals surface area contributed by atoms with Crippen LogP contribution in [0.15, 0.2) is 0 Å². The molecule has 0 aromatic rings. The van der Waals surface area contributed by atoms with Gasteiger partial charge in [-0.3, -0.25) is 0 Å². The van der Waals surface area contributed by atoms with Crippen LogP contribution in [0.3, 0.4) is 0 Å². The SMILES string of the molecule is C[C@H]1CCC[C@]2(C)C[C@@H](O)[C@H]3CC12OC3(C)C. The summed E-state index contributed by atoms with van der Waals surface area (Å²) in [5.74, 6) is 0.967. The van der Waals surface area contributed by atoms with Crippen molar-refractivity contribution in [2.75, 3.05) is 0 Å². The molecule has 1 spiro atoms. The summed E-state index contributed by atoms with van der Waals surface area (Å²) >= 11 is 0. The van der Waals surface area contributed by atoms with E-state index in [0.717, 1.165) is 12.8 Å². The molecule has 3 aliphatic rings. The first-order valence-corrected chi connectivity index (χ1v) is 7.19. The number of aliphatic hydroxyl groups is 1. The average Bonchev–Trinajstić information content (AvgIpc) is 2.46. The first-order chi connectivity index (χ1) is 7.81. The molecule has 5 atom stereocenters. The maximum Gasteiger partial charge on any atom is 0.0774 e. The monoisotopic (exact) mass is 238 g/mol. The lowest BCUT2D eigenvalue weighted by atomic mass is 9.52. The summed E-state index contributed by atoms with van der Waals surface area (Å²) < 4.78 is 6.59. The van der Waals surface area contributed by atoms with Crippen LogP contribution in [-0.2, 0) is 4.74 Å². The summed E-state index contributed by atoms with van der Waals surface area (Å²) in [5.41, 5.74) is 0.0791. The van der Waals surface area contributed by atoms with Gasteiger partial charge < -0.3 is 9.84 Å². The molecule has 2 aliphatic carbocycles. The van der Waals surface area contributed by atoms with E-state index in [9.17, 15) is 5.11 Å². The zero-order valence-electron chi connectivity index (χ0n) is 11.6. The Balaban J connectivity index is 2.07. The predicted octanol–water partition coefficient (Wildman–Crippen LogP) is 3.13. The molecule has 1 saturated heterocycles. The van der Waals surface area contributed by atoms with Gasteiger partial charge in [0.2, 0.25) is 0 Å². The van der Waals surface area contributed by atoms with Crippen molar-refractivity contribution in [2.24, 2.45) is 17.3 Å². The van der Waals surface area contributed by atoms with Crippen molar-refractivity contribution in [3.8, 4) is 0 Å². The van der Waals surface area contributed by atoms with Crippen molar-refractivity contribution in [3.63, 3.8) is 0 Å². The molecular weight excluding hydrogens is 212 g/mol. The van der Waals surface area contributed by atoms with Gasteiger partial charge in [0.25, 0.3) is 0 Å². The lowest BCUT2D eigenvalue weighted by molar-refractivity contribution is -0.195. The van der Waals surface area contributed by atoms with E-state index in [-0.39, 0.29) is 22.7 Å². The second-order valence-electron chi connectivity index (χ2n) is 7.53. The largest absolute Gasteiger partial charge is 0.393 e. The van der Waals surface area contributed by atoms with Crippen LogP contribution in [0.2, 0.25) is 0 Å². The Hall–Kier alpha value is -0.0800. The Morgan fingerprint density at radius 1 is 1.18 bits per heavy atom. The van der Waals surface area contributed by atoms with Crippen LogP contribution in [0.1, 0.15) is 59.8 Å². The van der Waals surface area contributed by atoms with Gasteiger partial charge in [-0.05, 0) is 50.9 Å². The number of rotatable bonds is 0. The molecular formula is C15H26O2. The van der Waals surface area contributed by atoms with E-state index >= 15 is 0 Å². The number of hydrogen-bond donors (Lipinski definition) is 1. The Morgan fingerprint density at radius 2 is 1.88 bits per heavy atom. The van der Waals surface area contributed by atoms with Gasteiger partial charge in [-0.1, -0.05) is 20.3 Å². The molecule has 1 aliphatic heterocycles. The van der Waals surface area contributed by atoms with Crippen LogP contribution < -0.4 is 0 Å². The average molecular weight is 238 g/mol. The van der Waals surface area contributed by atoms with E-state index in [4.69, 9.17) is 4.74 Å². The molecule has 0 radical (unpaired) electrons. The first-order valence-electron chi connectivity index (χ1n) is 7.19. The zero-order valence-corrected chi connectivity index (χ0v) is 11.6. The van der Waals surface area contributed by atoms with Crippen LogP contribution >= 0.6 is 0 Å². The normalized spacial score (nSPS) is 56.6. The van der Waals surface area contributed by atoms with Gasteiger partial charge >= 0.3 is 0 Å². The molecule has 0 aromatic heterocycles. The molecule has 0 amide bonds. The van der Waals surface area contributed by atoms with Crippen molar-refractivity contribution in [3.05, 3.63) is 0 Å². The number of aliphatic hydroxyl groups excluding tert-OH is 1. The third kappa shape index (κ3) is 1.34. The highest BCUT2D eigenvalue weighted by molar-refractivity contribution is 5.16. The first kappa shape index (κ1) is 12.0. The van der Waals surface area contributed by atoms with E-state index < -0.39 is 0 Å². The van der Waals surface area contributed by atoms with Gasteiger partial charge in [0, 0.05) is 5.92 Å². The van der Waals surface area contributed by atoms with Crippen LogP contribution in [0.25, 0.3) is 0 Å². The summed E-state index contributed by atoms with van der Waals surface area (Å²) in [6.07, 6.45) is 5.63. The fourth-order valence-electron chi connectivity index (χ4n) is 5.15. The smallest absolute Gasteiger partial charge is 0.0774 e. The summed E-state index contributed by atoms with van der Waals surface area (Å²) in [4.78, 5) is 0. The molecule has 2 heteroatoms. The lowest BCUT2D eigenvalue weighted by Gasteiger charge is -2.56. The van der Waals surface area contributed by atoms with Crippen LogP contribution in [0.4, 0.5) is 0 Å². The molecule has 2 saturated carbocycles. The highest BCUT2D eigenvalue weighted by Gasteiger charge is 2.67. The van der Waals surface area contributed by atoms with Gasteiger partial charge in [0.05, 0.1) is 17.3 Å². The Kier molecular flexibility index (Phi) is 2.30. The highest BCUT2D eigenvalue weighted by atomic mass is 16.5. The summed E-state index contributed by atoms with van der Waals surface area (Å²) in [6, 6.07) is 0. The lowest BCUT2D eigenvalue weighted by Crippen LogP contribution is -2.57. The standard InChI is InChI=1S/C15H26O2/c1-10-6-5-7-14(4)9-12(16)11-8-15(10,14)17-13(11,2)3/h10-12,16H,5-9H2,1-4H3/t10-,11+,12+,14+,15?/m0/s1. The Bertz CT molecular complexity index is 338. The predicted molar refractivity (Wildman–Crippen MR) is 67.7 cm³/mol. The van der Waals surface area contributed by atoms with Gasteiger partial charge in [-0.15, -0.1) is 0 Å². The van der Waals surface area contributed by atoms with Crippen molar-refractivity contribution in [1.29, 1.82) is 0 Å². The summed E-state index contributed by atoms with van der Waals surface area (Å²) in [7, 11) is 0. The van der Waals surface area contributed by atoms with E-state index in [0.29, 0.717) is 11.8 Å². The fourth-order valence-corrected chi connectivity index (χ4v) is 5.15. The third-order valence-corrected chi connectivity index (χ3v) is 6.17. The van der Waals surface area contributed by atoms with Crippen molar-refractivity contribution in [2.45, 2.75) is 77.1 Å². The fraction of sp³-hybridized carbons (Fsp3) is 1.00. The number of hydrogen-bond acceptors (Lipinski definition) is 2. The number of fused-ring (bicyclic) bond motifs is 1. The molecule has 1 N–H and O–H groups in total. The minimum atomic E-state index is -0.170. The van der Waals surface area contributed by atoms with Gasteiger partial charge in [-0.2, -0.15) is 0 Å². The molecule has 2 bridgehead atoms. The third-order valence-electron chi connectivity index (χ3n) is 6.17. The number of ether oxygens (including phenoxy) is 1. The topological polar surface area (TPSA) is 29.5 Å². The molecule has 1 unspecified atom stereocenters. The maximum atomic E-state index is 10.4. The molecule has 1 heterocycles. The summed E-state index contributed by atoms with van der Waals surface area (Å²) in [6.45, 7) is 9.04. The molecule has 17 heavy (non-hydrogen) atoms. The van der Waals surface area contributed by atoms with Crippen LogP contribution in [0, 0.1) is 17.3 Å². The second kappa shape index (κ2) is 3.27. The van der Waals surface area contributed by atoms with Gasteiger partial charge in [0.1, 0.15) is 0 Å². The molecule has 98 valence electrons. The highest BCUT2D eigenvalue weighted by Crippen LogP contribution is 2.65. The Labute approximate surface area is 105 Å². The van der Waals surface area contributed by atoms with E-state index in [1.54, 1.807) is 0 Å². The minimum Gasteiger partial charge on any atom is -0.393 e. The minimum absolute atomic E-state index is 0.0403. The quantitative estimate of drug-likeness (QED) is 0.702. The zero-order chi connectivity index (χ0) is 12.5. The summed E-state index contributed by atoms with van der Waals surface area (Å²) in [5, 5.41) is 10.4. The maximum absolute atomic E-state index is 10.4. The van der Waals surface area contributed by atoms with Crippen LogP contribution in [0.5, 0.6) is 0 Å². The van der Waals surface area contributed by atoms with E-state index in [1.165, 1.54) is 19.3 Å². The Morgan fingerprint density at radius 3 is 2.59 bits per heavy atom. The van der Waals surface area contributed by atoms with Crippen molar-refractivity contribution < 1.29 is 9.84 Å².